The number of guanidine groups is 1. The molecule has 0 saturated carbocycles. The lowest BCUT2D eigenvalue weighted by Crippen LogP contribution is -2.45. The number of pyridine rings is 1. The number of hydrogen-bond acceptors (Lipinski definition) is 5. The summed E-state index contributed by atoms with van der Waals surface area (Å²) >= 11 is 0. The fourth-order valence-electron chi connectivity index (χ4n) is 2.89. The van der Waals surface area contributed by atoms with Crippen LogP contribution in [0.1, 0.15) is 26.3 Å². The van der Waals surface area contributed by atoms with Gasteiger partial charge < -0.3 is 25.2 Å². The van der Waals surface area contributed by atoms with Crippen LogP contribution in [0, 0.1) is 0 Å². The van der Waals surface area contributed by atoms with E-state index in [0.717, 1.165) is 31.0 Å². The van der Waals surface area contributed by atoms with Crippen LogP contribution in [-0.4, -0.2) is 74.2 Å². The maximum Gasteiger partial charge on any atom is 0.241 e. The Bertz CT molecular complexity index is 622. The largest absolute Gasteiger partial charge is 0.372 e. The number of aromatic nitrogens is 1. The number of hydrogen-bond donors (Lipinski definition) is 2. The molecule has 0 bridgehead atoms. The normalized spacial score (nSPS) is 20.3. The smallest absolute Gasteiger partial charge is 0.241 e. The Labute approximate surface area is 162 Å². The van der Waals surface area contributed by atoms with Gasteiger partial charge in [-0.25, -0.2) is 9.98 Å². The van der Waals surface area contributed by atoms with Gasteiger partial charge in [0.15, 0.2) is 5.96 Å². The monoisotopic (exact) mass is 376 g/mol. The first kappa shape index (κ1) is 21.0. The van der Waals surface area contributed by atoms with Gasteiger partial charge in [0, 0.05) is 39.9 Å². The third-order valence-corrected chi connectivity index (χ3v) is 4.22. The second-order valence-corrected chi connectivity index (χ2v) is 7.02. The molecule has 8 nitrogen and oxygen atoms in total. The summed E-state index contributed by atoms with van der Waals surface area (Å²) < 4.78 is 5.78. The van der Waals surface area contributed by atoms with E-state index in [2.05, 4.69) is 39.4 Å². The van der Waals surface area contributed by atoms with Gasteiger partial charge in [0.2, 0.25) is 5.91 Å². The van der Waals surface area contributed by atoms with Crippen LogP contribution in [0.5, 0.6) is 0 Å². The molecule has 2 N–H and O–H groups in total. The van der Waals surface area contributed by atoms with Crippen molar-refractivity contribution in [1.29, 1.82) is 0 Å². The summed E-state index contributed by atoms with van der Waals surface area (Å²) in [6.07, 6.45) is 2.27. The van der Waals surface area contributed by atoms with Crippen LogP contribution in [0.3, 0.4) is 0 Å². The van der Waals surface area contributed by atoms with Crippen molar-refractivity contribution in [3.05, 3.63) is 23.9 Å². The molecular weight excluding hydrogens is 344 g/mol. The minimum atomic E-state index is 0.000547. The number of rotatable bonds is 6. The van der Waals surface area contributed by atoms with Crippen LogP contribution < -0.4 is 15.5 Å². The summed E-state index contributed by atoms with van der Waals surface area (Å²) in [5, 5.41) is 6.20. The van der Waals surface area contributed by atoms with Crippen LogP contribution in [-0.2, 0) is 16.1 Å². The molecule has 0 spiro atoms. The van der Waals surface area contributed by atoms with Crippen LogP contribution in [0.4, 0.5) is 5.82 Å². The minimum Gasteiger partial charge on any atom is -0.372 e. The Morgan fingerprint density at radius 3 is 2.56 bits per heavy atom. The first-order valence-electron chi connectivity index (χ1n) is 9.46. The predicted molar refractivity (Wildman–Crippen MR) is 108 cm³/mol. The third kappa shape index (κ3) is 6.71. The summed E-state index contributed by atoms with van der Waals surface area (Å²) in [4.78, 5) is 24.6. The predicted octanol–water partition coefficient (Wildman–Crippen LogP) is 0.839. The fraction of sp³-hybridized carbons (Fsp3) is 0.632. The fourth-order valence-corrected chi connectivity index (χ4v) is 2.89. The summed E-state index contributed by atoms with van der Waals surface area (Å²) in [5.74, 6) is 1.58. The molecule has 27 heavy (non-hydrogen) atoms. The highest BCUT2D eigenvalue weighted by Crippen LogP contribution is 2.18. The molecule has 2 rings (SSSR count). The van der Waals surface area contributed by atoms with Gasteiger partial charge in [-0.05, 0) is 32.4 Å². The molecule has 2 heterocycles. The van der Waals surface area contributed by atoms with Crippen molar-refractivity contribution >= 4 is 17.7 Å². The van der Waals surface area contributed by atoms with E-state index < -0.39 is 0 Å². The number of nitrogens with zero attached hydrogens (tertiary/aromatic N) is 4. The Balaban J connectivity index is 1.95. The first-order chi connectivity index (χ1) is 12.9. The lowest BCUT2D eigenvalue weighted by atomic mass is 10.2. The number of morpholine rings is 1. The van der Waals surface area contributed by atoms with E-state index in [1.165, 1.54) is 0 Å². The zero-order chi connectivity index (χ0) is 19.8. The van der Waals surface area contributed by atoms with Gasteiger partial charge in [-0.2, -0.15) is 0 Å². The Hall–Kier alpha value is -2.35. The average Bonchev–Trinajstić information content (AvgIpc) is 2.63. The Morgan fingerprint density at radius 1 is 1.30 bits per heavy atom. The van der Waals surface area contributed by atoms with Crippen LogP contribution >= 0.6 is 0 Å². The quantitative estimate of drug-likeness (QED) is 0.566. The van der Waals surface area contributed by atoms with E-state index in [1.54, 1.807) is 19.0 Å². The number of ether oxygens (including phenoxy) is 1. The maximum atomic E-state index is 11.7. The molecular formula is C19H32N6O2. The number of carbonyl (C=O) groups excluding carboxylic acids is 1. The van der Waals surface area contributed by atoms with Gasteiger partial charge in [0.25, 0.3) is 0 Å². The number of likely N-dealkylation sites (N-methyl/N-ethyl adjacent to an activating group) is 1. The van der Waals surface area contributed by atoms with E-state index in [4.69, 9.17) is 4.74 Å². The van der Waals surface area contributed by atoms with Crippen molar-refractivity contribution in [3.63, 3.8) is 0 Å². The first-order valence-corrected chi connectivity index (χ1v) is 9.46. The minimum absolute atomic E-state index is 0.000547. The lowest BCUT2D eigenvalue weighted by molar-refractivity contribution is -0.127. The van der Waals surface area contributed by atoms with Crippen molar-refractivity contribution in [1.82, 2.24) is 20.5 Å². The molecule has 8 heteroatoms. The second kappa shape index (κ2) is 10.1. The van der Waals surface area contributed by atoms with E-state index in [1.807, 2.05) is 25.3 Å². The van der Waals surface area contributed by atoms with E-state index in [0.29, 0.717) is 12.5 Å². The highest BCUT2D eigenvalue weighted by Gasteiger charge is 2.22. The molecule has 1 amide bonds. The Kier molecular flexibility index (Phi) is 7.84. The molecule has 2 atom stereocenters. The number of anilines is 1. The van der Waals surface area contributed by atoms with Crippen LogP contribution in [0.15, 0.2) is 23.3 Å². The molecule has 1 aromatic rings. The summed E-state index contributed by atoms with van der Waals surface area (Å²) in [7, 11) is 3.47. The highest BCUT2D eigenvalue weighted by molar-refractivity contribution is 5.86. The van der Waals surface area contributed by atoms with Gasteiger partial charge in [-0.1, -0.05) is 6.07 Å². The molecule has 1 aliphatic rings. The zero-order valence-corrected chi connectivity index (χ0v) is 17.0. The van der Waals surface area contributed by atoms with E-state index in [9.17, 15) is 4.79 Å². The Morgan fingerprint density at radius 2 is 2.00 bits per heavy atom. The number of amides is 1. The van der Waals surface area contributed by atoms with Crippen molar-refractivity contribution in [2.24, 2.45) is 4.99 Å². The lowest BCUT2D eigenvalue weighted by Gasteiger charge is -2.36. The number of nitrogens with one attached hydrogen (secondary N) is 2. The SMILES string of the molecule is CCNC(=NCc1ccc(N2CC(C)OC(C)C2)nc1)NCC(=O)N(C)C. The summed E-state index contributed by atoms with van der Waals surface area (Å²) in [5.41, 5.74) is 1.02. The zero-order valence-electron chi connectivity index (χ0n) is 17.0. The standard InChI is InChI=1S/C19H32N6O2/c1-6-20-19(23-11-18(26)24(4)5)22-10-16-7-8-17(21-9-16)25-12-14(2)27-15(3)13-25/h7-9,14-15H,6,10-13H2,1-5H3,(H2,20,22,23). The maximum absolute atomic E-state index is 11.7. The third-order valence-electron chi connectivity index (χ3n) is 4.22. The number of aliphatic imine (C=N–C) groups is 1. The van der Waals surface area contributed by atoms with Crippen molar-refractivity contribution in [3.8, 4) is 0 Å². The molecule has 1 aromatic heterocycles. The second-order valence-electron chi connectivity index (χ2n) is 7.02. The molecule has 2 unspecified atom stereocenters. The molecule has 0 radical (unpaired) electrons. The average molecular weight is 377 g/mol. The topological polar surface area (TPSA) is 82.1 Å². The highest BCUT2D eigenvalue weighted by atomic mass is 16.5. The molecule has 0 aliphatic carbocycles. The number of carbonyl (C=O) groups is 1. The van der Waals surface area contributed by atoms with Gasteiger partial charge >= 0.3 is 0 Å². The van der Waals surface area contributed by atoms with Gasteiger partial charge in [-0.15, -0.1) is 0 Å². The van der Waals surface area contributed by atoms with Crippen molar-refractivity contribution in [2.75, 3.05) is 45.2 Å². The van der Waals surface area contributed by atoms with Gasteiger partial charge in [0.1, 0.15) is 5.82 Å². The van der Waals surface area contributed by atoms with Crippen LogP contribution in [0.25, 0.3) is 0 Å². The molecule has 1 aliphatic heterocycles. The molecule has 150 valence electrons. The van der Waals surface area contributed by atoms with E-state index in [-0.39, 0.29) is 24.7 Å². The summed E-state index contributed by atoms with van der Waals surface area (Å²) in [6.45, 7) is 9.30. The molecule has 1 saturated heterocycles. The van der Waals surface area contributed by atoms with Crippen molar-refractivity contribution in [2.45, 2.75) is 39.5 Å². The molecule has 1 fully saturated rings. The van der Waals surface area contributed by atoms with Gasteiger partial charge in [-0.3, -0.25) is 4.79 Å². The van der Waals surface area contributed by atoms with Gasteiger partial charge in [0.05, 0.1) is 25.3 Å². The van der Waals surface area contributed by atoms with Crippen LogP contribution in [0.2, 0.25) is 0 Å². The molecule has 0 aromatic carbocycles. The summed E-state index contributed by atoms with van der Waals surface area (Å²) in [6, 6.07) is 4.08. The van der Waals surface area contributed by atoms with E-state index >= 15 is 0 Å². The van der Waals surface area contributed by atoms with Crippen molar-refractivity contribution < 1.29 is 9.53 Å².